The molecule has 0 aliphatic heterocycles. The number of halogens is 1. The largest absolute Gasteiger partial charge is 0.384 e. The summed E-state index contributed by atoms with van der Waals surface area (Å²) in [5, 5.41) is 0. The van der Waals surface area contributed by atoms with Crippen molar-refractivity contribution in [2.75, 3.05) is 13.7 Å². The number of methoxy groups -OCH3 is 1. The highest BCUT2D eigenvalue weighted by molar-refractivity contribution is 4.98. The molecular formula is C11H19FO. The van der Waals surface area contributed by atoms with Crippen LogP contribution < -0.4 is 0 Å². The SMILES string of the molecule is COC[C@]12CCC1CCC[C@H](F)C2. The van der Waals surface area contributed by atoms with Gasteiger partial charge in [-0.3, -0.25) is 0 Å². The van der Waals surface area contributed by atoms with E-state index in [1.807, 2.05) is 0 Å². The minimum Gasteiger partial charge on any atom is -0.384 e. The van der Waals surface area contributed by atoms with Crippen molar-refractivity contribution >= 4 is 0 Å². The van der Waals surface area contributed by atoms with Crippen LogP contribution in [0.4, 0.5) is 4.39 Å². The van der Waals surface area contributed by atoms with Crippen molar-refractivity contribution in [1.82, 2.24) is 0 Å². The zero-order valence-electron chi connectivity index (χ0n) is 8.39. The fourth-order valence-electron chi connectivity index (χ4n) is 3.14. The summed E-state index contributed by atoms with van der Waals surface area (Å²) < 4.78 is 18.7. The van der Waals surface area contributed by atoms with Crippen LogP contribution in [0, 0.1) is 11.3 Å². The Kier molecular flexibility index (Phi) is 2.59. The molecule has 2 rings (SSSR count). The van der Waals surface area contributed by atoms with Gasteiger partial charge in [-0.25, -0.2) is 4.39 Å². The molecule has 0 saturated heterocycles. The van der Waals surface area contributed by atoms with Gasteiger partial charge < -0.3 is 4.74 Å². The van der Waals surface area contributed by atoms with Crippen molar-refractivity contribution in [3.05, 3.63) is 0 Å². The maximum Gasteiger partial charge on any atom is 0.101 e. The summed E-state index contributed by atoms with van der Waals surface area (Å²) in [7, 11) is 1.74. The van der Waals surface area contributed by atoms with Gasteiger partial charge in [0.2, 0.25) is 0 Å². The average Bonchev–Trinajstić information content (AvgIpc) is 2.17. The number of hydrogen-bond acceptors (Lipinski definition) is 1. The fraction of sp³-hybridized carbons (Fsp3) is 1.00. The number of fused-ring (bicyclic) bond motifs is 1. The monoisotopic (exact) mass is 186 g/mol. The molecule has 0 aromatic rings. The van der Waals surface area contributed by atoms with E-state index in [0.717, 1.165) is 31.8 Å². The van der Waals surface area contributed by atoms with Crippen molar-refractivity contribution in [3.8, 4) is 0 Å². The molecule has 0 aromatic heterocycles. The Bertz CT molecular complexity index is 183. The van der Waals surface area contributed by atoms with Gasteiger partial charge in [0, 0.05) is 7.11 Å². The summed E-state index contributed by atoms with van der Waals surface area (Å²) in [4.78, 5) is 0. The van der Waals surface area contributed by atoms with Crippen LogP contribution in [0.5, 0.6) is 0 Å². The lowest BCUT2D eigenvalue weighted by Crippen LogP contribution is -2.44. The number of hydrogen-bond donors (Lipinski definition) is 0. The molecule has 2 aliphatic carbocycles. The Morgan fingerprint density at radius 1 is 1.38 bits per heavy atom. The number of ether oxygens (including phenoxy) is 1. The molecule has 2 heteroatoms. The summed E-state index contributed by atoms with van der Waals surface area (Å²) in [6, 6.07) is 0. The van der Waals surface area contributed by atoms with E-state index < -0.39 is 6.17 Å². The Hall–Kier alpha value is -0.110. The van der Waals surface area contributed by atoms with Crippen molar-refractivity contribution in [1.29, 1.82) is 0 Å². The Morgan fingerprint density at radius 3 is 2.85 bits per heavy atom. The standard InChI is InChI=1S/C11H19FO/c1-13-8-11-6-5-9(11)3-2-4-10(12)7-11/h9-10H,2-8H2,1H3/t9?,10-,11+/m0/s1. The quantitative estimate of drug-likeness (QED) is 0.644. The molecule has 1 nitrogen and oxygen atoms in total. The summed E-state index contributed by atoms with van der Waals surface area (Å²) in [5.41, 5.74) is 0.227. The van der Waals surface area contributed by atoms with Crippen molar-refractivity contribution < 1.29 is 9.13 Å². The third kappa shape index (κ3) is 1.61. The highest BCUT2D eigenvalue weighted by Crippen LogP contribution is 2.54. The molecule has 2 aliphatic rings. The minimum atomic E-state index is -0.569. The molecule has 0 N–H and O–H groups in total. The normalized spacial score (nSPS) is 44.8. The first-order chi connectivity index (χ1) is 6.27. The predicted molar refractivity (Wildman–Crippen MR) is 50.4 cm³/mol. The second kappa shape index (κ2) is 3.56. The third-order valence-corrected chi connectivity index (χ3v) is 3.99. The molecule has 0 radical (unpaired) electrons. The van der Waals surface area contributed by atoms with Gasteiger partial charge in [-0.05, 0) is 43.4 Å². The van der Waals surface area contributed by atoms with Gasteiger partial charge in [0.25, 0.3) is 0 Å². The van der Waals surface area contributed by atoms with Gasteiger partial charge in [0.1, 0.15) is 6.17 Å². The van der Waals surface area contributed by atoms with Gasteiger partial charge >= 0.3 is 0 Å². The van der Waals surface area contributed by atoms with Gasteiger partial charge in [0.15, 0.2) is 0 Å². The molecule has 0 aromatic carbocycles. The number of alkyl halides is 1. The Morgan fingerprint density at radius 2 is 2.23 bits per heavy atom. The topological polar surface area (TPSA) is 9.23 Å². The molecule has 13 heavy (non-hydrogen) atoms. The minimum absolute atomic E-state index is 0.227. The van der Waals surface area contributed by atoms with Crippen LogP contribution >= 0.6 is 0 Å². The van der Waals surface area contributed by atoms with E-state index in [4.69, 9.17) is 4.74 Å². The highest BCUT2D eigenvalue weighted by Gasteiger charge is 2.48. The maximum absolute atomic E-state index is 13.4. The highest BCUT2D eigenvalue weighted by atomic mass is 19.1. The van der Waals surface area contributed by atoms with E-state index in [9.17, 15) is 4.39 Å². The van der Waals surface area contributed by atoms with Crippen molar-refractivity contribution in [2.45, 2.75) is 44.7 Å². The first kappa shape index (κ1) is 9.45. The molecule has 2 fully saturated rings. The molecule has 76 valence electrons. The zero-order chi connectivity index (χ0) is 9.31. The van der Waals surface area contributed by atoms with E-state index in [1.54, 1.807) is 7.11 Å². The smallest absolute Gasteiger partial charge is 0.101 e. The van der Waals surface area contributed by atoms with Crippen LogP contribution in [0.1, 0.15) is 38.5 Å². The maximum atomic E-state index is 13.4. The third-order valence-electron chi connectivity index (χ3n) is 3.99. The Balaban J connectivity index is 2.04. The predicted octanol–water partition coefficient (Wildman–Crippen LogP) is 2.94. The summed E-state index contributed by atoms with van der Waals surface area (Å²) >= 11 is 0. The van der Waals surface area contributed by atoms with Gasteiger partial charge in [-0.15, -0.1) is 0 Å². The van der Waals surface area contributed by atoms with Crippen molar-refractivity contribution in [3.63, 3.8) is 0 Å². The summed E-state index contributed by atoms with van der Waals surface area (Å²) in [6.07, 6.45) is 5.76. The molecular weight excluding hydrogens is 167 g/mol. The molecule has 0 spiro atoms. The first-order valence-electron chi connectivity index (χ1n) is 5.40. The van der Waals surface area contributed by atoms with Crippen LogP contribution in [0.3, 0.4) is 0 Å². The molecule has 2 saturated carbocycles. The lowest BCUT2D eigenvalue weighted by atomic mass is 9.58. The molecule has 0 amide bonds. The van der Waals surface area contributed by atoms with Crippen LogP contribution in [-0.4, -0.2) is 19.9 Å². The van der Waals surface area contributed by atoms with E-state index in [-0.39, 0.29) is 5.41 Å². The second-order valence-corrected chi connectivity index (χ2v) is 4.76. The van der Waals surface area contributed by atoms with E-state index >= 15 is 0 Å². The van der Waals surface area contributed by atoms with Crippen LogP contribution in [0.15, 0.2) is 0 Å². The molecule has 1 unspecified atom stereocenters. The van der Waals surface area contributed by atoms with Crippen LogP contribution in [-0.2, 0) is 4.74 Å². The van der Waals surface area contributed by atoms with Crippen LogP contribution in [0.2, 0.25) is 0 Å². The zero-order valence-corrected chi connectivity index (χ0v) is 8.39. The van der Waals surface area contributed by atoms with E-state index in [1.165, 1.54) is 19.3 Å². The van der Waals surface area contributed by atoms with Gasteiger partial charge in [-0.2, -0.15) is 0 Å². The first-order valence-corrected chi connectivity index (χ1v) is 5.40. The summed E-state index contributed by atoms with van der Waals surface area (Å²) in [5.74, 6) is 0.758. The second-order valence-electron chi connectivity index (χ2n) is 4.76. The van der Waals surface area contributed by atoms with Gasteiger partial charge in [-0.1, -0.05) is 6.42 Å². The van der Waals surface area contributed by atoms with Crippen LogP contribution in [0.25, 0.3) is 0 Å². The van der Waals surface area contributed by atoms with E-state index in [2.05, 4.69) is 0 Å². The average molecular weight is 186 g/mol. The lowest BCUT2D eigenvalue weighted by molar-refractivity contribution is -0.0579. The van der Waals surface area contributed by atoms with Gasteiger partial charge in [0.05, 0.1) is 6.61 Å². The fourth-order valence-corrected chi connectivity index (χ4v) is 3.14. The van der Waals surface area contributed by atoms with E-state index in [0.29, 0.717) is 0 Å². The lowest BCUT2D eigenvalue weighted by Gasteiger charge is -2.49. The molecule has 3 atom stereocenters. The Labute approximate surface area is 79.7 Å². The number of rotatable bonds is 2. The molecule has 0 heterocycles. The molecule has 0 bridgehead atoms. The van der Waals surface area contributed by atoms with Crippen molar-refractivity contribution in [2.24, 2.45) is 11.3 Å². The summed E-state index contributed by atoms with van der Waals surface area (Å²) in [6.45, 7) is 0.776.